The Morgan fingerprint density at radius 3 is 2.56 bits per heavy atom. The Morgan fingerprint density at radius 1 is 1.12 bits per heavy atom. The Labute approximate surface area is 154 Å². The van der Waals surface area contributed by atoms with Crippen molar-refractivity contribution in [1.29, 1.82) is 0 Å². The van der Waals surface area contributed by atoms with Crippen molar-refractivity contribution in [3.8, 4) is 11.5 Å². The fraction of sp³-hybridized carbons (Fsp3) is 0.211. The van der Waals surface area contributed by atoms with Crippen molar-refractivity contribution >= 4 is 21.8 Å². The van der Waals surface area contributed by atoms with Crippen LogP contribution in [0.1, 0.15) is 30.8 Å². The van der Waals surface area contributed by atoms with Gasteiger partial charge in [0.05, 0.1) is 6.04 Å². The summed E-state index contributed by atoms with van der Waals surface area (Å²) in [5, 5.41) is 11.0. The summed E-state index contributed by atoms with van der Waals surface area (Å²) >= 11 is 3.40. The third kappa shape index (κ3) is 4.76. The van der Waals surface area contributed by atoms with Crippen LogP contribution in [0.25, 0.3) is 11.5 Å². The molecule has 0 saturated heterocycles. The number of amides is 1. The number of carbonyl (C=O) groups excluding carboxylic acids is 1. The summed E-state index contributed by atoms with van der Waals surface area (Å²) < 4.78 is 6.63. The van der Waals surface area contributed by atoms with Crippen molar-refractivity contribution in [2.75, 3.05) is 0 Å². The van der Waals surface area contributed by atoms with E-state index in [-0.39, 0.29) is 11.9 Å². The molecule has 2 aromatic carbocycles. The van der Waals surface area contributed by atoms with E-state index in [1.54, 1.807) is 0 Å². The predicted octanol–water partition coefficient (Wildman–Crippen LogP) is 4.31. The van der Waals surface area contributed by atoms with Crippen LogP contribution < -0.4 is 5.32 Å². The van der Waals surface area contributed by atoms with Crippen molar-refractivity contribution < 1.29 is 9.21 Å². The number of hydrogen-bond acceptors (Lipinski definition) is 4. The zero-order valence-electron chi connectivity index (χ0n) is 13.8. The largest absolute Gasteiger partial charge is 0.421 e. The number of rotatable bonds is 6. The molecule has 0 bridgehead atoms. The predicted molar refractivity (Wildman–Crippen MR) is 98.8 cm³/mol. The zero-order chi connectivity index (χ0) is 17.6. The topological polar surface area (TPSA) is 68.0 Å². The molecule has 1 aromatic heterocycles. The molecule has 0 aliphatic heterocycles. The molecule has 1 unspecified atom stereocenters. The van der Waals surface area contributed by atoms with Gasteiger partial charge in [0.25, 0.3) is 0 Å². The van der Waals surface area contributed by atoms with Crippen LogP contribution in [0.15, 0.2) is 63.5 Å². The molecule has 0 radical (unpaired) electrons. The maximum Gasteiger partial charge on any atom is 0.247 e. The van der Waals surface area contributed by atoms with E-state index in [1.807, 2.05) is 61.5 Å². The van der Waals surface area contributed by atoms with Crippen LogP contribution >= 0.6 is 15.9 Å². The van der Waals surface area contributed by atoms with E-state index in [0.29, 0.717) is 24.6 Å². The van der Waals surface area contributed by atoms with Crippen molar-refractivity contribution in [3.63, 3.8) is 0 Å². The van der Waals surface area contributed by atoms with Crippen LogP contribution in [-0.2, 0) is 11.2 Å². The van der Waals surface area contributed by atoms with E-state index in [1.165, 1.54) is 0 Å². The Hall–Kier alpha value is -2.47. The maximum atomic E-state index is 12.1. The lowest BCUT2D eigenvalue weighted by Gasteiger charge is -2.14. The van der Waals surface area contributed by atoms with Gasteiger partial charge in [0, 0.05) is 22.9 Å². The summed E-state index contributed by atoms with van der Waals surface area (Å²) in [5.74, 6) is 0.888. The number of benzene rings is 2. The van der Waals surface area contributed by atoms with Crippen molar-refractivity contribution in [3.05, 3.63) is 70.5 Å². The number of nitrogens with zero attached hydrogens (tertiary/aromatic N) is 2. The van der Waals surface area contributed by atoms with Gasteiger partial charge in [-0.1, -0.05) is 46.3 Å². The summed E-state index contributed by atoms with van der Waals surface area (Å²) in [6.07, 6.45) is 0.718. The van der Waals surface area contributed by atoms with E-state index < -0.39 is 0 Å². The van der Waals surface area contributed by atoms with Gasteiger partial charge in [-0.05, 0) is 36.8 Å². The summed E-state index contributed by atoms with van der Waals surface area (Å²) in [5.41, 5.74) is 1.93. The van der Waals surface area contributed by atoms with E-state index in [0.717, 1.165) is 15.6 Å². The SMILES string of the molecule is CC(NC(=O)CCc1nnc(-c2ccccc2)o1)c1ccc(Br)cc1. The Morgan fingerprint density at radius 2 is 1.84 bits per heavy atom. The maximum absolute atomic E-state index is 12.1. The highest BCUT2D eigenvalue weighted by molar-refractivity contribution is 9.10. The first-order valence-corrected chi connectivity index (χ1v) is 8.84. The van der Waals surface area contributed by atoms with Crippen LogP contribution in [0.2, 0.25) is 0 Å². The quantitative estimate of drug-likeness (QED) is 0.670. The van der Waals surface area contributed by atoms with Gasteiger partial charge in [-0.25, -0.2) is 0 Å². The second-order valence-electron chi connectivity index (χ2n) is 5.71. The molecule has 3 aromatic rings. The summed E-state index contributed by atoms with van der Waals surface area (Å²) in [6, 6.07) is 17.4. The highest BCUT2D eigenvalue weighted by Crippen LogP contribution is 2.18. The molecule has 5 nitrogen and oxygen atoms in total. The number of nitrogens with one attached hydrogen (secondary N) is 1. The molecule has 3 rings (SSSR count). The number of carbonyl (C=O) groups is 1. The molecule has 1 amide bonds. The molecule has 128 valence electrons. The highest BCUT2D eigenvalue weighted by Gasteiger charge is 2.13. The van der Waals surface area contributed by atoms with Gasteiger partial charge in [0.1, 0.15) is 0 Å². The second-order valence-corrected chi connectivity index (χ2v) is 6.62. The van der Waals surface area contributed by atoms with Gasteiger partial charge < -0.3 is 9.73 Å². The van der Waals surface area contributed by atoms with Gasteiger partial charge in [0.15, 0.2) is 0 Å². The van der Waals surface area contributed by atoms with E-state index >= 15 is 0 Å². The number of hydrogen-bond donors (Lipinski definition) is 1. The first-order chi connectivity index (χ1) is 12.1. The van der Waals surface area contributed by atoms with Gasteiger partial charge in [-0.3, -0.25) is 4.79 Å². The molecular formula is C19H18BrN3O2. The third-order valence-electron chi connectivity index (χ3n) is 3.80. The normalized spacial score (nSPS) is 11.9. The van der Waals surface area contributed by atoms with Crippen LogP contribution in [0.3, 0.4) is 0 Å². The van der Waals surface area contributed by atoms with Gasteiger partial charge in [0.2, 0.25) is 17.7 Å². The molecule has 0 aliphatic carbocycles. The lowest BCUT2D eigenvalue weighted by Crippen LogP contribution is -2.26. The number of halogens is 1. The van der Waals surface area contributed by atoms with Gasteiger partial charge in [-0.15, -0.1) is 10.2 Å². The molecule has 6 heteroatoms. The molecule has 25 heavy (non-hydrogen) atoms. The number of aryl methyl sites for hydroxylation is 1. The molecular weight excluding hydrogens is 382 g/mol. The molecule has 0 saturated carbocycles. The second kappa shape index (κ2) is 8.07. The average Bonchev–Trinajstić information content (AvgIpc) is 3.10. The Balaban J connectivity index is 1.52. The van der Waals surface area contributed by atoms with Crippen LogP contribution in [0.4, 0.5) is 0 Å². The first-order valence-electron chi connectivity index (χ1n) is 8.04. The first kappa shape index (κ1) is 17.4. The number of aromatic nitrogens is 2. The van der Waals surface area contributed by atoms with Crippen LogP contribution in [-0.4, -0.2) is 16.1 Å². The smallest absolute Gasteiger partial charge is 0.247 e. The van der Waals surface area contributed by atoms with Gasteiger partial charge >= 0.3 is 0 Å². The van der Waals surface area contributed by atoms with Crippen molar-refractivity contribution in [1.82, 2.24) is 15.5 Å². The minimum absolute atomic E-state index is 0.0464. The summed E-state index contributed by atoms with van der Waals surface area (Å²) in [6.45, 7) is 1.96. The average molecular weight is 400 g/mol. The van der Waals surface area contributed by atoms with Crippen molar-refractivity contribution in [2.45, 2.75) is 25.8 Å². The van der Waals surface area contributed by atoms with E-state index in [2.05, 4.69) is 31.4 Å². The minimum Gasteiger partial charge on any atom is -0.421 e. The van der Waals surface area contributed by atoms with Crippen molar-refractivity contribution in [2.24, 2.45) is 0 Å². The molecule has 0 spiro atoms. The van der Waals surface area contributed by atoms with E-state index in [9.17, 15) is 4.79 Å². The van der Waals surface area contributed by atoms with Gasteiger partial charge in [-0.2, -0.15) is 0 Å². The zero-order valence-corrected chi connectivity index (χ0v) is 15.4. The summed E-state index contributed by atoms with van der Waals surface area (Å²) in [4.78, 5) is 12.1. The standard InChI is InChI=1S/C19H18BrN3O2/c1-13(14-7-9-16(20)10-8-14)21-17(24)11-12-18-22-23-19(25-18)15-5-3-2-4-6-15/h2-10,13H,11-12H2,1H3,(H,21,24). The Kier molecular flexibility index (Phi) is 5.60. The monoisotopic (exact) mass is 399 g/mol. The van der Waals surface area contributed by atoms with Crippen LogP contribution in [0.5, 0.6) is 0 Å². The van der Waals surface area contributed by atoms with E-state index in [4.69, 9.17) is 4.42 Å². The lowest BCUT2D eigenvalue weighted by atomic mass is 10.1. The minimum atomic E-state index is -0.0526. The molecule has 0 aliphatic rings. The van der Waals surface area contributed by atoms with Crippen LogP contribution in [0, 0.1) is 0 Å². The summed E-state index contributed by atoms with van der Waals surface area (Å²) in [7, 11) is 0. The lowest BCUT2D eigenvalue weighted by molar-refractivity contribution is -0.121. The molecule has 1 heterocycles. The molecule has 1 N–H and O–H groups in total. The molecule has 1 atom stereocenters. The fourth-order valence-corrected chi connectivity index (χ4v) is 2.69. The Bertz CT molecular complexity index is 831. The third-order valence-corrected chi connectivity index (χ3v) is 4.33. The fourth-order valence-electron chi connectivity index (χ4n) is 2.42. The molecule has 0 fully saturated rings. The highest BCUT2D eigenvalue weighted by atomic mass is 79.9.